The summed E-state index contributed by atoms with van der Waals surface area (Å²) in [4.78, 5) is 23.7. The molecule has 0 aromatic carbocycles. The van der Waals surface area contributed by atoms with E-state index in [4.69, 9.17) is 0 Å². The molecule has 0 bridgehead atoms. The fraction of sp³-hybridized carbons (Fsp3) is 0.667. The van der Waals surface area contributed by atoms with Crippen LogP contribution in [0.4, 0.5) is 0 Å². The SMILES string of the molecule is CC1=C2C(=O)CC[C@@H]2[C@H](O)C(=O)C12CC2. The van der Waals surface area contributed by atoms with E-state index in [2.05, 4.69) is 0 Å². The van der Waals surface area contributed by atoms with Gasteiger partial charge in [-0.3, -0.25) is 9.59 Å². The Kier molecular flexibility index (Phi) is 1.60. The molecule has 3 rings (SSSR count). The lowest BCUT2D eigenvalue weighted by Crippen LogP contribution is -2.41. The van der Waals surface area contributed by atoms with Gasteiger partial charge in [0.05, 0.1) is 5.41 Å². The number of aliphatic hydroxyl groups is 1. The van der Waals surface area contributed by atoms with Crippen LogP contribution in [-0.4, -0.2) is 22.8 Å². The first-order valence-electron chi connectivity index (χ1n) is 5.55. The van der Waals surface area contributed by atoms with Crippen LogP contribution in [0.1, 0.15) is 32.6 Å². The third kappa shape index (κ3) is 0.944. The topological polar surface area (TPSA) is 54.4 Å². The Morgan fingerprint density at radius 2 is 2.00 bits per heavy atom. The van der Waals surface area contributed by atoms with Crippen LogP contribution in [0.3, 0.4) is 0 Å². The van der Waals surface area contributed by atoms with Crippen LogP contribution in [0.25, 0.3) is 0 Å². The molecule has 2 atom stereocenters. The number of Topliss-reactive ketones (excluding diaryl/α,β-unsaturated/α-hetero) is 2. The standard InChI is InChI=1S/C12H14O3/c1-6-9-7(2-3-8(9)13)10(14)11(15)12(6)4-5-12/h7,10,14H,2-5H2,1H3/t7-,10-/m0/s1. The van der Waals surface area contributed by atoms with E-state index in [1.54, 1.807) is 0 Å². The molecular weight excluding hydrogens is 192 g/mol. The van der Waals surface area contributed by atoms with Crippen molar-refractivity contribution in [3.05, 3.63) is 11.1 Å². The van der Waals surface area contributed by atoms with Crippen LogP contribution >= 0.6 is 0 Å². The van der Waals surface area contributed by atoms with Crippen molar-refractivity contribution in [2.24, 2.45) is 11.3 Å². The third-order valence-corrected chi connectivity index (χ3v) is 4.35. The van der Waals surface area contributed by atoms with Crippen molar-refractivity contribution in [3.63, 3.8) is 0 Å². The third-order valence-electron chi connectivity index (χ3n) is 4.35. The molecule has 3 aliphatic carbocycles. The molecule has 0 saturated heterocycles. The summed E-state index contributed by atoms with van der Waals surface area (Å²) in [6.07, 6.45) is 1.86. The molecule has 1 spiro atoms. The van der Waals surface area contributed by atoms with E-state index >= 15 is 0 Å². The molecule has 3 nitrogen and oxygen atoms in total. The first kappa shape index (κ1) is 9.28. The van der Waals surface area contributed by atoms with Gasteiger partial charge in [0.15, 0.2) is 11.6 Å². The summed E-state index contributed by atoms with van der Waals surface area (Å²) in [6, 6.07) is 0. The van der Waals surface area contributed by atoms with Crippen LogP contribution in [-0.2, 0) is 9.59 Å². The number of hydrogen-bond donors (Lipinski definition) is 1. The van der Waals surface area contributed by atoms with Crippen molar-refractivity contribution in [2.45, 2.75) is 38.7 Å². The van der Waals surface area contributed by atoms with Crippen LogP contribution in [0.15, 0.2) is 11.1 Å². The fourth-order valence-electron chi connectivity index (χ4n) is 3.23. The van der Waals surface area contributed by atoms with Crippen molar-refractivity contribution in [2.75, 3.05) is 0 Å². The Hall–Kier alpha value is -0.960. The first-order chi connectivity index (χ1) is 7.08. The number of ketones is 2. The van der Waals surface area contributed by atoms with Gasteiger partial charge in [-0.1, -0.05) is 5.57 Å². The maximum absolute atomic E-state index is 12.0. The maximum atomic E-state index is 12.0. The Balaban J connectivity index is 2.18. The second kappa shape index (κ2) is 2.59. The van der Waals surface area contributed by atoms with Crippen molar-refractivity contribution in [1.82, 2.24) is 0 Å². The van der Waals surface area contributed by atoms with Crippen molar-refractivity contribution < 1.29 is 14.7 Å². The highest BCUT2D eigenvalue weighted by atomic mass is 16.3. The summed E-state index contributed by atoms with van der Waals surface area (Å²) >= 11 is 0. The molecule has 0 radical (unpaired) electrons. The molecule has 15 heavy (non-hydrogen) atoms. The lowest BCUT2D eigenvalue weighted by molar-refractivity contribution is -0.134. The first-order valence-corrected chi connectivity index (χ1v) is 5.55. The normalized spacial score (nSPS) is 37.5. The van der Waals surface area contributed by atoms with Crippen LogP contribution in [0.2, 0.25) is 0 Å². The lowest BCUT2D eigenvalue weighted by Gasteiger charge is -2.31. The summed E-state index contributed by atoms with van der Waals surface area (Å²) in [5.74, 6) is -0.0880. The number of allylic oxidation sites excluding steroid dienone is 1. The smallest absolute Gasteiger partial charge is 0.172 e. The highest BCUT2D eigenvalue weighted by Gasteiger charge is 2.60. The quantitative estimate of drug-likeness (QED) is 0.643. The summed E-state index contributed by atoms with van der Waals surface area (Å²) in [6.45, 7) is 1.91. The van der Waals surface area contributed by atoms with Gasteiger partial charge in [0.1, 0.15) is 6.10 Å². The van der Waals surface area contributed by atoms with Gasteiger partial charge in [-0.2, -0.15) is 0 Å². The van der Waals surface area contributed by atoms with Gasteiger partial charge in [0.25, 0.3) is 0 Å². The molecule has 0 aliphatic heterocycles. The Morgan fingerprint density at radius 3 is 2.60 bits per heavy atom. The van der Waals surface area contributed by atoms with E-state index in [-0.39, 0.29) is 17.5 Å². The molecule has 3 aliphatic rings. The molecule has 0 unspecified atom stereocenters. The molecule has 2 fully saturated rings. The zero-order chi connectivity index (χ0) is 10.8. The molecule has 80 valence electrons. The molecule has 2 saturated carbocycles. The number of carbonyl (C=O) groups excluding carboxylic acids is 2. The average molecular weight is 206 g/mol. The molecule has 3 heteroatoms. The second-order valence-electron chi connectivity index (χ2n) is 5.00. The molecule has 1 N–H and O–H groups in total. The van der Waals surface area contributed by atoms with Gasteiger partial charge in [-0.25, -0.2) is 0 Å². The van der Waals surface area contributed by atoms with Gasteiger partial charge in [-0.15, -0.1) is 0 Å². The van der Waals surface area contributed by atoms with Crippen molar-refractivity contribution >= 4 is 11.6 Å². The van der Waals surface area contributed by atoms with E-state index in [0.29, 0.717) is 12.8 Å². The number of aliphatic hydroxyl groups excluding tert-OH is 1. The van der Waals surface area contributed by atoms with Gasteiger partial charge < -0.3 is 5.11 Å². The van der Waals surface area contributed by atoms with E-state index < -0.39 is 11.5 Å². The van der Waals surface area contributed by atoms with E-state index in [1.807, 2.05) is 6.92 Å². The predicted molar refractivity (Wildman–Crippen MR) is 53.1 cm³/mol. The minimum Gasteiger partial charge on any atom is -0.385 e. The number of carbonyl (C=O) groups is 2. The largest absolute Gasteiger partial charge is 0.385 e. The number of hydrogen-bond acceptors (Lipinski definition) is 3. The zero-order valence-corrected chi connectivity index (χ0v) is 8.75. The van der Waals surface area contributed by atoms with Crippen molar-refractivity contribution in [1.29, 1.82) is 0 Å². The van der Waals surface area contributed by atoms with Crippen molar-refractivity contribution in [3.8, 4) is 0 Å². The monoisotopic (exact) mass is 206 g/mol. The Labute approximate surface area is 88.2 Å². The molecule has 0 aromatic rings. The minimum absolute atomic E-state index is 0.0385. The van der Waals surface area contributed by atoms with Gasteiger partial charge in [0.2, 0.25) is 0 Å². The summed E-state index contributed by atoms with van der Waals surface area (Å²) in [5, 5.41) is 9.92. The van der Waals surface area contributed by atoms with Crippen LogP contribution < -0.4 is 0 Å². The molecule has 0 aromatic heterocycles. The van der Waals surface area contributed by atoms with Gasteiger partial charge in [-0.05, 0) is 26.2 Å². The summed E-state index contributed by atoms with van der Waals surface area (Å²) in [5.41, 5.74) is 1.30. The highest BCUT2D eigenvalue weighted by molar-refractivity contribution is 6.06. The zero-order valence-electron chi connectivity index (χ0n) is 8.75. The minimum atomic E-state index is -0.919. The summed E-state index contributed by atoms with van der Waals surface area (Å²) in [7, 11) is 0. The summed E-state index contributed by atoms with van der Waals surface area (Å²) < 4.78 is 0. The lowest BCUT2D eigenvalue weighted by atomic mass is 9.73. The van der Waals surface area contributed by atoms with Gasteiger partial charge >= 0.3 is 0 Å². The number of rotatable bonds is 0. The maximum Gasteiger partial charge on any atom is 0.172 e. The molecular formula is C12H14O3. The molecule has 0 heterocycles. The highest BCUT2D eigenvalue weighted by Crippen LogP contribution is 2.59. The van der Waals surface area contributed by atoms with Crippen LogP contribution in [0, 0.1) is 11.3 Å². The average Bonchev–Trinajstić information content (AvgIpc) is 2.93. The number of fused-ring (bicyclic) bond motifs is 1. The van der Waals surface area contributed by atoms with E-state index in [1.165, 1.54) is 0 Å². The van der Waals surface area contributed by atoms with E-state index in [0.717, 1.165) is 24.0 Å². The Morgan fingerprint density at radius 1 is 1.33 bits per heavy atom. The van der Waals surface area contributed by atoms with Crippen LogP contribution in [0.5, 0.6) is 0 Å². The van der Waals surface area contributed by atoms with E-state index in [9.17, 15) is 14.7 Å². The fourth-order valence-corrected chi connectivity index (χ4v) is 3.23. The Bertz CT molecular complexity index is 401. The van der Waals surface area contributed by atoms with Gasteiger partial charge in [0, 0.05) is 17.9 Å². The second-order valence-corrected chi connectivity index (χ2v) is 5.00. The molecule has 0 amide bonds. The predicted octanol–water partition coefficient (Wildman–Crippen LogP) is 1.01.